The average Bonchev–Trinajstić information content (AvgIpc) is 3.12. The fourth-order valence-corrected chi connectivity index (χ4v) is 2.49. The molecule has 0 atom stereocenters. The monoisotopic (exact) mass is 329 g/mol. The maximum absolute atomic E-state index is 12.0. The predicted octanol–water partition coefficient (Wildman–Crippen LogP) is 3.17. The number of amides is 1. The molecule has 0 fully saturated rings. The molecule has 5 nitrogen and oxygen atoms in total. The van der Waals surface area contributed by atoms with Crippen molar-refractivity contribution in [1.29, 1.82) is 0 Å². The van der Waals surface area contributed by atoms with Crippen molar-refractivity contribution >= 4 is 35.2 Å². The topological polar surface area (TPSA) is 75.6 Å². The van der Waals surface area contributed by atoms with Gasteiger partial charge in [0.2, 0.25) is 0 Å². The van der Waals surface area contributed by atoms with Crippen molar-refractivity contribution < 1.29 is 19.5 Å². The molecule has 0 saturated heterocycles. The molecule has 0 spiro atoms. The summed E-state index contributed by atoms with van der Waals surface area (Å²) >= 11 is 1.39. The Morgan fingerprint density at radius 2 is 2.04 bits per heavy atom. The van der Waals surface area contributed by atoms with Crippen LogP contribution in [0.25, 0.3) is 12.2 Å². The summed E-state index contributed by atoms with van der Waals surface area (Å²) in [6, 6.07) is 8.90. The number of hydrogen-bond acceptors (Lipinski definition) is 5. The molecule has 0 aliphatic carbocycles. The second-order valence-corrected chi connectivity index (χ2v) is 5.43. The second-order valence-electron chi connectivity index (χ2n) is 4.49. The normalized spacial score (nSPS) is 11.0. The molecule has 1 amide bonds. The second kappa shape index (κ2) is 8.07. The standard InChI is InChI=1S/C17H15NO4S/c1-22-15-11-12(5-9-17(20)18-21)4-6-13(15)7-8-14(19)16-3-2-10-23-16/h2-11,21H,1H3,(H,18,20). The summed E-state index contributed by atoms with van der Waals surface area (Å²) in [5, 5.41) is 10.3. The van der Waals surface area contributed by atoms with Gasteiger partial charge in [-0.3, -0.25) is 14.8 Å². The molecule has 1 aromatic heterocycles. The van der Waals surface area contributed by atoms with Gasteiger partial charge in [-0.15, -0.1) is 11.3 Å². The quantitative estimate of drug-likeness (QED) is 0.369. The number of benzene rings is 1. The number of allylic oxidation sites excluding steroid dienone is 1. The van der Waals surface area contributed by atoms with Gasteiger partial charge in [-0.2, -0.15) is 0 Å². The van der Waals surface area contributed by atoms with Gasteiger partial charge in [-0.1, -0.05) is 18.2 Å². The number of hydrogen-bond donors (Lipinski definition) is 2. The zero-order chi connectivity index (χ0) is 16.7. The van der Waals surface area contributed by atoms with Gasteiger partial charge in [0, 0.05) is 11.6 Å². The van der Waals surface area contributed by atoms with Crippen molar-refractivity contribution in [2.24, 2.45) is 0 Å². The van der Waals surface area contributed by atoms with E-state index in [1.165, 1.54) is 36.1 Å². The minimum atomic E-state index is -0.616. The Morgan fingerprint density at radius 1 is 1.22 bits per heavy atom. The van der Waals surface area contributed by atoms with Crippen molar-refractivity contribution in [2.75, 3.05) is 7.11 Å². The maximum atomic E-state index is 12.0. The third-order valence-corrected chi connectivity index (χ3v) is 3.86. The summed E-state index contributed by atoms with van der Waals surface area (Å²) in [4.78, 5) is 23.6. The summed E-state index contributed by atoms with van der Waals surface area (Å²) in [5.74, 6) is -0.105. The molecule has 1 heterocycles. The van der Waals surface area contributed by atoms with Gasteiger partial charge < -0.3 is 4.74 Å². The molecular formula is C17H15NO4S. The van der Waals surface area contributed by atoms with E-state index in [0.29, 0.717) is 10.6 Å². The largest absolute Gasteiger partial charge is 0.496 e. The van der Waals surface area contributed by atoms with Crippen molar-refractivity contribution in [3.05, 3.63) is 63.9 Å². The van der Waals surface area contributed by atoms with E-state index in [4.69, 9.17) is 9.94 Å². The van der Waals surface area contributed by atoms with Crippen LogP contribution in [0.15, 0.2) is 47.9 Å². The Labute approximate surface area is 137 Å². The number of methoxy groups -OCH3 is 1. The number of carbonyl (C=O) groups excluding carboxylic acids is 2. The molecule has 0 bridgehead atoms. The molecule has 1 aromatic carbocycles. The molecule has 0 saturated carbocycles. The fraction of sp³-hybridized carbons (Fsp3) is 0.0588. The van der Waals surface area contributed by atoms with E-state index in [1.807, 2.05) is 11.4 Å². The predicted molar refractivity (Wildman–Crippen MR) is 89.6 cm³/mol. The fourth-order valence-electron chi connectivity index (χ4n) is 1.84. The molecule has 2 aromatic rings. The van der Waals surface area contributed by atoms with Gasteiger partial charge >= 0.3 is 0 Å². The first kappa shape index (κ1) is 16.7. The average molecular weight is 329 g/mol. The molecule has 0 aliphatic rings. The lowest BCUT2D eigenvalue weighted by Gasteiger charge is -2.06. The summed E-state index contributed by atoms with van der Waals surface area (Å²) in [5.41, 5.74) is 3.00. The van der Waals surface area contributed by atoms with Crippen LogP contribution in [-0.2, 0) is 4.79 Å². The van der Waals surface area contributed by atoms with Crippen molar-refractivity contribution in [3.63, 3.8) is 0 Å². The van der Waals surface area contributed by atoms with Gasteiger partial charge in [0.15, 0.2) is 5.78 Å². The van der Waals surface area contributed by atoms with Crippen LogP contribution in [0, 0.1) is 0 Å². The third-order valence-electron chi connectivity index (χ3n) is 2.97. The Balaban J connectivity index is 2.18. The van der Waals surface area contributed by atoms with Gasteiger partial charge in [-0.25, -0.2) is 5.48 Å². The highest BCUT2D eigenvalue weighted by Gasteiger charge is 2.04. The number of ether oxygens (including phenoxy) is 1. The van der Waals surface area contributed by atoms with Crippen LogP contribution in [0.1, 0.15) is 20.8 Å². The lowest BCUT2D eigenvalue weighted by molar-refractivity contribution is -0.124. The summed E-state index contributed by atoms with van der Waals surface area (Å²) in [7, 11) is 1.53. The van der Waals surface area contributed by atoms with Crippen LogP contribution in [0.4, 0.5) is 0 Å². The van der Waals surface area contributed by atoms with E-state index in [-0.39, 0.29) is 5.78 Å². The Kier molecular flexibility index (Phi) is 5.85. The van der Waals surface area contributed by atoms with Crippen LogP contribution in [0.2, 0.25) is 0 Å². The van der Waals surface area contributed by atoms with Crippen LogP contribution < -0.4 is 10.2 Å². The van der Waals surface area contributed by atoms with Crippen molar-refractivity contribution in [2.45, 2.75) is 0 Å². The Morgan fingerprint density at radius 3 is 2.70 bits per heavy atom. The SMILES string of the molecule is COc1cc(C=CC(=O)NO)ccc1C=CC(=O)c1cccs1. The molecule has 0 aliphatic heterocycles. The summed E-state index contributed by atoms with van der Waals surface area (Å²) in [6.07, 6.45) is 5.93. The first-order valence-electron chi connectivity index (χ1n) is 6.70. The van der Waals surface area contributed by atoms with Gasteiger partial charge in [0.05, 0.1) is 12.0 Å². The van der Waals surface area contributed by atoms with Crippen LogP contribution in [0.5, 0.6) is 5.75 Å². The number of thiophene rings is 1. The number of rotatable bonds is 6. The highest BCUT2D eigenvalue weighted by Crippen LogP contribution is 2.23. The van der Waals surface area contributed by atoms with E-state index < -0.39 is 5.91 Å². The third kappa shape index (κ3) is 4.64. The lowest BCUT2D eigenvalue weighted by Crippen LogP contribution is -2.14. The number of ketones is 1. The lowest BCUT2D eigenvalue weighted by atomic mass is 10.1. The van der Waals surface area contributed by atoms with E-state index >= 15 is 0 Å². The molecular weight excluding hydrogens is 314 g/mol. The number of nitrogens with one attached hydrogen (secondary N) is 1. The molecule has 118 valence electrons. The highest BCUT2D eigenvalue weighted by atomic mass is 32.1. The molecule has 2 N–H and O–H groups in total. The number of hydroxylamine groups is 1. The first-order chi connectivity index (χ1) is 11.1. The van der Waals surface area contributed by atoms with Gasteiger partial charge in [0.1, 0.15) is 5.75 Å². The van der Waals surface area contributed by atoms with E-state index in [0.717, 1.165) is 11.1 Å². The van der Waals surface area contributed by atoms with Crippen molar-refractivity contribution in [3.8, 4) is 5.75 Å². The maximum Gasteiger partial charge on any atom is 0.267 e. The zero-order valence-corrected chi connectivity index (χ0v) is 13.2. The summed E-state index contributed by atoms with van der Waals surface area (Å²) in [6.45, 7) is 0. The molecule has 0 unspecified atom stereocenters. The minimum absolute atomic E-state index is 0.0642. The Bertz CT molecular complexity index is 748. The van der Waals surface area contributed by atoms with E-state index in [9.17, 15) is 9.59 Å². The van der Waals surface area contributed by atoms with E-state index in [1.54, 1.807) is 36.4 Å². The Hall–Kier alpha value is -2.70. The van der Waals surface area contributed by atoms with Crippen LogP contribution in [0.3, 0.4) is 0 Å². The molecule has 6 heteroatoms. The molecule has 0 radical (unpaired) electrons. The van der Waals surface area contributed by atoms with Gasteiger partial charge in [0.25, 0.3) is 5.91 Å². The molecule has 23 heavy (non-hydrogen) atoms. The minimum Gasteiger partial charge on any atom is -0.496 e. The van der Waals surface area contributed by atoms with Crippen LogP contribution in [-0.4, -0.2) is 24.0 Å². The van der Waals surface area contributed by atoms with E-state index in [2.05, 4.69) is 0 Å². The van der Waals surface area contributed by atoms with Crippen LogP contribution >= 0.6 is 11.3 Å². The molecule has 2 rings (SSSR count). The van der Waals surface area contributed by atoms with Crippen molar-refractivity contribution in [1.82, 2.24) is 5.48 Å². The zero-order valence-electron chi connectivity index (χ0n) is 12.4. The summed E-state index contributed by atoms with van der Waals surface area (Å²) < 4.78 is 5.30. The first-order valence-corrected chi connectivity index (χ1v) is 7.58. The van der Waals surface area contributed by atoms with Gasteiger partial charge in [-0.05, 0) is 41.3 Å². The highest BCUT2D eigenvalue weighted by molar-refractivity contribution is 7.12. The smallest absolute Gasteiger partial charge is 0.267 e. The number of carbonyl (C=O) groups is 2.